The zero-order chi connectivity index (χ0) is 18.4. The fourth-order valence-electron chi connectivity index (χ4n) is 2.41. The topological polar surface area (TPSA) is 88.3 Å². The van der Waals surface area contributed by atoms with E-state index in [0.717, 1.165) is 0 Å². The van der Waals surface area contributed by atoms with E-state index >= 15 is 0 Å². The van der Waals surface area contributed by atoms with Gasteiger partial charge < -0.3 is 10.0 Å². The number of hydrogen-bond acceptors (Lipinski definition) is 4. The Kier molecular flexibility index (Phi) is 6.21. The van der Waals surface area contributed by atoms with Crippen molar-refractivity contribution >= 4 is 11.9 Å². The molecule has 0 fully saturated rings. The Labute approximate surface area is 145 Å². The first kappa shape index (κ1) is 18.6. The van der Waals surface area contributed by atoms with Crippen LogP contribution in [0.25, 0.3) is 0 Å². The number of hydrogen-bond donors (Lipinski definition) is 1. The lowest BCUT2D eigenvalue weighted by molar-refractivity contribution is -0.137. The Morgan fingerprint density at radius 2 is 2.12 bits per heavy atom. The van der Waals surface area contributed by atoms with Crippen LogP contribution in [0.2, 0.25) is 0 Å². The highest BCUT2D eigenvalue weighted by Crippen LogP contribution is 2.09. The maximum atomic E-state index is 13.2. The fraction of sp³-hybridized carbons (Fsp3) is 0.412. The van der Waals surface area contributed by atoms with Gasteiger partial charge in [-0.15, -0.1) is 5.10 Å². The van der Waals surface area contributed by atoms with Gasteiger partial charge in [0.1, 0.15) is 5.82 Å². The number of carbonyl (C=O) groups excluding carboxylic acids is 1. The second-order valence-corrected chi connectivity index (χ2v) is 6.22. The molecule has 1 aromatic heterocycles. The second kappa shape index (κ2) is 8.36. The molecule has 0 aliphatic rings. The van der Waals surface area contributed by atoms with Gasteiger partial charge >= 0.3 is 5.97 Å². The van der Waals surface area contributed by atoms with Crippen LogP contribution in [0.1, 0.15) is 36.3 Å². The first-order chi connectivity index (χ1) is 11.8. The summed E-state index contributed by atoms with van der Waals surface area (Å²) in [5, 5.41) is 16.6. The highest BCUT2D eigenvalue weighted by atomic mass is 19.1. The van der Waals surface area contributed by atoms with Crippen molar-refractivity contribution in [1.29, 1.82) is 0 Å². The van der Waals surface area contributed by atoms with Crippen molar-refractivity contribution in [2.45, 2.75) is 26.8 Å². The molecule has 0 unspecified atom stereocenters. The van der Waals surface area contributed by atoms with Gasteiger partial charge in [0.15, 0.2) is 5.69 Å². The average Bonchev–Trinajstić information content (AvgIpc) is 2.98. The lowest BCUT2D eigenvalue weighted by atomic mass is 10.2. The Bertz CT molecular complexity index is 745. The number of carboxylic acid groups (broad SMARTS) is 1. The molecule has 0 aliphatic carbocycles. The van der Waals surface area contributed by atoms with E-state index in [1.165, 1.54) is 27.9 Å². The van der Waals surface area contributed by atoms with E-state index in [1.807, 2.05) is 13.8 Å². The molecule has 0 saturated carbocycles. The summed E-state index contributed by atoms with van der Waals surface area (Å²) >= 11 is 0. The van der Waals surface area contributed by atoms with Gasteiger partial charge in [0.25, 0.3) is 5.91 Å². The summed E-state index contributed by atoms with van der Waals surface area (Å²) in [5.41, 5.74) is 0.844. The third kappa shape index (κ3) is 5.66. The molecule has 0 aliphatic heterocycles. The van der Waals surface area contributed by atoms with Crippen molar-refractivity contribution in [1.82, 2.24) is 19.9 Å². The van der Waals surface area contributed by atoms with Crippen LogP contribution in [-0.4, -0.2) is 50.0 Å². The molecule has 2 rings (SSSR count). The first-order valence-electron chi connectivity index (χ1n) is 8.01. The van der Waals surface area contributed by atoms with Gasteiger partial charge in [0.05, 0.1) is 19.2 Å². The number of carbonyl (C=O) groups is 2. The van der Waals surface area contributed by atoms with Gasteiger partial charge in [-0.25, -0.2) is 9.07 Å². The highest BCUT2D eigenvalue weighted by Gasteiger charge is 2.20. The zero-order valence-electron chi connectivity index (χ0n) is 14.2. The number of carboxylic acids is 1. The molecule has 0 atom stereocenters. The number of halogens is 1. The van der Waals surface area contributed by atoms with E-state index in [-0.39, 0.29) is 42.8 Å². The number of aliphatic carboxylic acids is 1. The van der Waals surface area contributed by atoms with Gasteiger partial charge in [-0.1, -0.05) is 31.2 Å². The van der Waals surface area contributed by atoms with Crippen LogP contribution in [0.3, 0.4) is 0 Å². The Balaban J connectivity index is 2.09. The predicted octanol–water partition coefficient (Wildman–Crippen LogP) is 2.04. The summed E-state index contributed by atoms with van der Waals surface area (Å²) < 4.78 is 14.7. The largest absolute Gasteiger partial charge is 0.481 e. The minimum atomic E-state index is -0.962. The maximum absolute atomic E-state index is 13.2. The van der Waals surface area contributed by atoms with Crippen LogP contribution >= 0.6 is 0 Å². The van der Waals surface area contributed by atoms with Crippen molar-refractivity contribution in [3.63, 3.8) is 0 Å². The summed E-state index contributed by atoms with van der Waals surface area (Å²) in [7, 11) is 0. The lowest BCUT2D eigenvalue weighted by Gasteiger charge is -2.22. The summed E-state index contributed by atoms with van der Waals surface area (Å²) in [5.74, 6) is -1.47. The molecule has 134 valence electrons. The molecular formula is C17H21FN4O3. The summed E-state index contributed by atoms with van der Waals surface area (Å²) in [6.45, 7) is 4.73. The minimum absolute atomic E-state index is 0.114. The smallest absolute Gasteiger partial charge is 0.305 e. The average molecular weight is 348 g/mol. The molecule has 1 N–H and O–H groups in total. The number of amides is 1. The first-order valence-corrected chi connectivity index (χ1v) is 8.01. The number of rotatable bonds is 8. The van der Waals surface area contributed by atoms with Crippen LogP contribution in [-0.2, 0) is 11.3 Å². The van der Waals surface area contributed by atoms with Crippen molar-refractivity contribution in [2.75, 3.05) is 13.1 Å². The van der Waals surface area contributed by atoms with Crippen LogP contribution in [0.4, 0.5) is 4.39 Å². The second-order valence-electron chi connectivity index (χ2n) is 6.22. The van der Waals surface area contributed by atoms with Gasteiger partial charge in [0, 0.05) is 13.1 Å². The summed E-state index contributed by atoms with van der Waals surface area (Å²) in [4.78, 5) is 24.8. The predicted molar refractivity (Wildman–Crippen MR) is 88.5 cm³/mol. The van der Waals surface area contributed by atoms with E-state index in [4.69, 9.17) is 5.11 Å². The van der Waals surface area contributed by atoms with Gasteiger partial charge in [0.2, 0.25) is 0 Å². The Morgan fingerprint density at radius 3 is 2.76 bits per heavy atom. The number of aromatic nitrogens is 3. The molecule has 0 bridgehead atoms. The maximum Gasteiger partial charge on any atom is 0.305 e. The van der Waals surface area contributed by atoms with Crippen molar-refractivity contribution in [3.05, 3.63) is 47.5 Å². The SMILES string of the molecule is CC(C)CN(CCC(=O)O)C(=O)c1cn(Cc2cccc(F)c2)nn1. The fourth-order valence-corrected chi connectivity index (χ4v) is 2.41. The van der Waals surface area contributed by atoms with Gasteiger partial charge in [-0.05, 0) is 23.6 Å². The van der Waals surface area contributed by atoms with E-state index in [9.17, 15) is 14.0 Å². The molecule has 1 aromatic carbocycles. The normalized spacial score (nSPS) is 10.9. The molecule has 1 heterocycles. The third-order valence-corrected chi connectivity index (χ3v) is 3.46. The quantitative estimate of drug-likeness (QED) is 0.789. The molecule has 0 spiro atoms. The van der Waals surface area contributed by atoms with Crippen LogP contribution in [0.5, 0.6) is 0 Å². The van der Waals surface area contributed by atoms with Gasteiger partial charge in [-0.2, -0.15) is 0 Å². The standard InChI is InChI=1S/C17H21FN4O3/c1-12(2)9-21(7-6-16(23)24)17(25)15-11-22(20-19-15)10-13-4-3-5-14(18)8-13/h3-5,8,11-12H,6-7,9-10H2,1-2H3,(H,23,24). The van der Waals surface area contributed by atoms with Crippen molar-refractivity contribution < 1.29 is 19.1 Å². The van der Waals surface area contributed by atoms with E-state index < -0.39 is 5.97 Å². The monoisotopic (exact) mass is 348 g/mol. The van der Waals surface area contributed by atoms with E-state index in [1.54, 1.807) is 12.1 Å². The van der Waals surface area contributed by atoms with E-state index in [0.29, 0.717) is 12.1 Å². The molecule has 25 heavy (non-hydrogen) atoms. The lowest BCUT2D eigenvalue weighted by Crippen LogP contribution is -2.36. The summed E-state index contributed by atoms with van der Waals surface area (Å²) in [6.07, 6.45) is 1.36. The molecular weight excluding hydrogens is 327 g/mol. The molecule has 0 radical (unpaired) electrons. The minimum Gasteiger partial charge on any atom is -0.481 e. The van der Waals surface area contributed by atoms with Crippen molar-refractivity contribution in [3.8, 4) is 0 Å². The molecule has 8 heteroatoms. The Morgan fingerprint density at radius 1 is 1.36 bits per heavy atom. The molecule has 1 amide bonds. The van der Waals surface area contributed by atoms with Crippen LogP contribution in [0.15, 0.2) is 30.5 Å². The molecule has 0 saturated heterocycles. The third-order valence-electron chi connectivity index (χ3n) is 3.46. The zero-order valence-corrected chi connectivity index (χ0v) is 14.2. The molecule has 7 nitrogen and oxygen atoms in total. The van der Waals surface area contributed by atoms with Crippen molar-refractivity contribution in [2.24, 2.45) is 5.92 Å². The Hall–Kier alpha value is -2.77. The summed E-state index contributed by atoms with van der Waals surface area (Å²) in [6, 6.07) is 6.10. The van der Waals surface area contributed by atoms with Crippen LogP contribution < -0.4 is 0 Å². The van der Waals surface area contributed by atoms with Crippen LogP contribution in [0, 0.1) is 11.7 Å². The van der Waals surface area contributed by atoms with E-state index in [2.05, 4.69) is 10.3 Å². The van der Waals surface area contributed by atoms with Gasteiger partial charge in [-0.3, -0.25) is 9.59 Å². The number of nitrogens with zero attached hydrogens (tertiary/aromatic N) is 4. The highest BCUT2D eigenvalue weighted by molar-refractivity contribution is 5.92. The molecule has 2 aromatic rings. The number of benzene rings is 1.